The van der Waals surface area contributed by atoms with Crippen LogP contribution in [-0.4, -0.2) is 24.2 Å². The standard InChI is InChI=1S/C21H24ClNO3S/c1-15(2)18-6-3-4-7-19(18)23-20(24)14-26-21(25)8-5-13-27-17-11-9-16(22)10-12-17/h3-4,6-7,9-12,15H,5,8,13-14H2,1-2H3,(H,23,24). The summed E-state index contributed by atoms with van der Waals surface area (Å²) in [6, 6.07) is 15.2. The number of halogens is 1. The highest BCUT2D eigenvalue weighted by molar-refractivity contribution is 7.99. The summed E-state index contributed by atoms with van der Waals surface area (Å²) in [5.41, 5.74) is 1.81. The molecule has 6 heteroatoms. The minimum absolute atomic E-state index is 0.268. The first-order valence-electron chi connectivity index (χ1n) is 8.88. The number of esters is 1. The van der Waals surface area contributed by atoms with Crippen molar-refractivity contribution in [1.29, 1.82) is 0 Å². The highest BCUT2D eigenvalue weighted by atomic mass is 35.5. The zero-order valence-corrected chi connectivity index (χ0v) is 17.1. The second-order valence-electron chi connectivity index (χ2n) is 6.36. The van der Waals surface area contributed by atoms with Gasteiger partial charge in [0.25, 0.3) is 5.91 Å². The molecule has 27 heavy (non-hydrogen) atoms. The third-order valence-corrected chi connectivity index (χ3v) is 5.18. The van der Waals surface area contributed by atoms with Crippen LogP contribution in [0.25, 0.3) is 0 Å². The minimum Gasteiger partial charge on any atom is -0.456 e. The van der Waals surface area contributed by atoms with Crippen LogP contribution in [0.3, 0.4) is 0 Å². The van der Waals surface area contributed by atoms with Crippen molar-refractivity contribution >= 4 is 40.9 Å². The number of para-hydroxylation sites is 1. The van der Waals surface area contributed by atoms with E-state index in [1.165, 1.54) is 0 Å². The lowest BCUT2D eigenvalue weighted by atomic mass is 10.0. The molecule has 0 aliphatic heterocycles. The average molecular weight is 406 g/mol. The van der Waals surface area contributed by atoms with Gasteiger partial charge in [-0.1, -0.05) is 43.6 Å². The number of anilines is 1. The Bertz CT molecular complexity index is 762. The van der Waals surface area contributed by atoms with Gasteiger partial charge in [0, 0.05) is 22.0 Å². The third-order valence-electron chi connectivity index (χ3n) is 3.83. The van der Waals surface area contributed by atoms with Crippen molar-refractivity contribution in [3.63, 3.8) is 0 Å². The summed E-state index contributed by atoms with van der Waals surface area (Å²) in [5, 5.41) is 3.52. The Balaban J connectivity index is 1.66. The van der Waals surface area contributed by atoms with Gasteiger partial charge in [-0.2, -0.15) is 0 Å². The number of carbonyl (C=O) groups is 2. The first-order valence-corrected chi connectivity index (χ1v) is 10.2. The van der Waals surface area contributed by atoms with E-state index in [2.05, 4.69) is 19.2 Å². The summed E-state index contributed by atoms with van der Waals surface area (Å²) in [7, 11) is 0. The van der Waals surface area contributed by atoms with E-state index in [9.17, 15) is 9.59 Å². The van der Waals surface area contributed by atoms with Crippen LogP contribution < -0.4 is 5.32 Å². The predicted molar refractivity (Wildman–Crippen MR) is 112 cm³/mol. The largest absolute Gasteiger partial charge is 0.456 e. The van der Waals surface area contributed by atoms with Crippen LogP contribution in [-0.2, 0) is 14.3 Å². The molecular weight excluding hydrogens is 382 g/mol. The highest BCUT2D eigenvalue weighted by Crippen LogP contribution is 2.23. The van der Waals surface area contributed by atoms with Crippen LogP contribution in [0.2, 0.25) is 5.02 Å². The van der Waals surface area contributed by atoms with Gasteiger partial charge in [-0.3, -0.25) is 9.59 Å². The van der Waals surface area contributed by atoms with Crippen LogP contribution in [0.5, 0.6) is 0 Å². The van der Waals surface area contributed by atoms with Crippen molar-refractivity contribution in [2.24, 2.45) is 0 Å². The van der Waals surface area contributed by atoms with E-state index in [1.807, 2.05) is 48.5 Å². The number of amides is 1. The molecule has 0 unspecified atom stereocenters. The number of ether oxygens (including phenoxy) is 1. The molecular formula is C21H24ClNO3S. The lowest BCUT2D eigenvalue weighted by Crippen LogP contribution is -2.21. The van der Waals surface area contributed by atoms with E-state index in [0.29, 0.717) is 17.4 Å². The first-order chi connectivity index (χ1) is 13.0. The Morgan fingerprint density at radius 3 is 2.52 bits per heavy atom. The topological polar surface area (TPSA) is 55.4 Å². The molecule has 0 spiro atoms. The second kappa shape index (κ2) is 11.0. The molecule has 0 saturated carbocycles. The Hall–Kier alpha value is -1.98. The molecule has 1 N–H and O–H groups in total. The van der Waals surface area contributed by atoms with Gasteiger partial charge in [0.2, 0.25) is 0 Å². The van der Waals surface area contributed by atoms with Gasteiger partial charge in [0.1, 0.15) is 0 Å². The van der Waals surface area contributed by atoms with Crippen LogP contribution in [0, 0.1) is 0 Å². The average Bonchev–Trinajstić information content (AvgIpc) is 2.65. The first kappa shape index (κ1) is 21.3. The van der Waals surface area contributed by atoms with Gasteiger partial charge in [-0.25, -0.2) is 0 Å². The van der Waals surface area contributed by atoms with E-state index in [1.54, 1.807) is 11.8 Å². The predicted octanol–water partition coefficient (Wildman–Crippen LogP) is 5.52. The zero-order valence-electron chi connectivity index (χ0n) is 15.5. The molecule has 2 aromatic rings. The van der Waals surface area contributed by atoms with Crippen LogP contribution in [0.15, 0.2) is 53.4 Å². The Kier molecular flexibility index (Phi) is 8.69. The number of benzene rings is 2. The maximum atomic E-state index is 12.0. The van der Waals surface area contributed by atoms with Crippen LogP contribution in [0.4, 0.5) is 5.69 Å². The van der Waals surface area contributed by atoms with Gasteiger partial charge < -0.3 is 10.1 Å². The van der Waals surface area contributed by atoms with Crippen LogP contribution >= 0.6 is 23.4 Å². The number of hydrogen-bond acceptors (Lipinski definition) is 4. The molecule has 0 aliphatic rings. The molecule has 1 amide bonds. The van der Waals surface area contributed by atoms with Crippen molar-refractivity contribution < 1.29 is 14.3 Å². The molecule has 0 aromatic heterocycles. The Morgan fingerprint density at radius 2 is 1.81 bits per heavy atom. The van der Waals surface area contributed by atoms with Gasteiger partial charge >= 0.3 is 5.97 Å². The smallest absolute Gasteiger partial charge is 0.306 e. The molecule has 0 radical (unpaired) electrons. The summed E-state index contributed by atoms with van der Waals surface area (Å²) in [5.74, 6) is 0.401. The zero-order chi connectivity index (χ0) is 19.6. The summed E-state index contributed by atoms with van der Waals surface area (Å²) in [4.78, 5) is 24.9. The van der Waals surface area contributed by atoms with Crippen molar-refractivity contribution in [2.75, 3.05) is 17.7 Å². The number of carbonyl (C=O) groups excluding carboxylic acids is 2. The Morgan fingerprint density at radius 1 is 1.11 bits per heavy atom. The number of rotatable bonds is 9. The van der Waals surface area contributed by atoms with Gasteiger partial charge in [-0.15, -0.1) is 11.8 Å². The Labute approximate surface area is 169 Å². The molecule has 0 aliphatic carbocycles. The fourth-order valence-corrected chi connectivity index (χ4v) is 3.44. The van der Waals surface area contributed by atoms with Crippen molar-refractivity contribution in [2.45, 2.75) is 37.5 Å². The summed E-state index contributed by atoms with van der Waals surface area (Å²) < 4.78 is 5.07. The maximum Gasteiger partial charge on any atom is 0.306 e. The quantitative estimate of drug-likeness (QED) is 0.339. The SMILES string of the molecule is CC(C)c1ccccc1NC(=O)COC(=O)CCCSc1ccc(Cl)cc1. The second-order valence-corrected chi connectivity index (χ2v) is 7.96. The fourth-order valence-electron chi connectivity index (χ4n) is 2.46. The van der Waals surface area contributed by atoms with Gasteiger partial charge in [0.15, 0.2) is 6.61 Å². The van der Waals surface area contributed by atoms with Crippen molar-refractivity contribution in [3.8, 4) is 0 Å². The molecule has 2 rings (SSSR count). The molecule has 144 valence electrons. The monoisotopic (exact) mass is 405 g/mol. The maximum absolute atomic E-state index is 12.0. The van der Waals surface area contributed by atoms with Crippen molar-refractivity contribution in [3.05, 3.63) is 59.1 Å². The molecule has 0 fully saturated rings. The number of thioether (sulfide) groups is 1. The third kappa shape index (κ3) is 7.65. The molecule has 0 bridgehead atoms. The highest BCUT2D eigenvalue weighted by Gasteiger charge is 2.11. The van der Waals surface area contributed by atoms with E-state index >= 15 is 0 Å². The molecule has 0 atom stereocenters. The van der Waals surface area contributed by atoms with E-state index in [4.69, 9.17) is 16.3 Å². The van der Waals surface area contributed by atoms with Gasteiger partial charge in [-0.05, 0) is 54.0 Å². The minimum atomic E-state index is -0.362. The molecule has 0 heterocycles. The normalized spacial score (nSPS) is 10.7. The number of hydrogen-bond donors (Lipinski definition) is 1. The van der Waals surface area contributed by atoms with E-state index < -0.39 is 0 Å². The van der Waals surface area contributed by atoms with Crippen LogP contribution in [0.1, 0.15) is 38.2 Å². The number of nitrogens with one attached hydrogen (secondary N) is 1. The molecule has 4 nitrogen and oxygen atoms in total. The lowest BCUT2D eigenvalue weighted by molar-refractivity contribution is -0.147. The molecule has 0 saturated heterocycles. The van der Waals surface area contributed by atoms with Crippen molar-refractivity contribution in [1.82, 2.24) is 0 Å². The summed E-state index contributed by atoms with van der Waals surface area (Å²) in [6.07, 6.45) is 0.973. The molecule has 2 aromatic carbocycles. The lowest BCUT2D eigenvalue weighted by Gasteiger charge is -2.13. The summed E-state index contributed by atoms with van der Waals surface area (Å²) in [6.45, 7) is 3.86. The summed E-state index contributed by atoms with van der Waals surface area (Å²) >= 11 is 7.50. The van der Waals surface area contributed by atoms with E-state index in [-0.39, 0.29) is 24.9 Å². The fraction of sp³-hybridized carbons (Fsp3) is 0.333. The van der Waals surface area contributed by atoms with E-state index in [0.717, 1.165) is 21.9 Å². The van der Waals surface area contributed by atoms with Gasteiger partial charge in [0.05, 0.1) is 0 Å².